The number of methoxy groups -OCH3 is 1. The molecular formula is C21H27FN4O. The van der Waals surface area contributed by atoms with Gasteiger partial charge in [-0.3, -0.25) is 4.99 Å². The molecule has 0 aliphatic carbocycles. The van der Waals surface area contributed by atoms with Gasteiger partial charge in [0.05, 0.1) is 12.8 Å². The third-order valence-electron chi connectivity index (χ3n) is 4.84. The van der Waals surface area contributed by atoms with E-state index in [0.29, 0.717) is 5.69 Å². The van der Waals surface area contributed by atoms with Gasteiger partial charge in [-0.25, -0.2) is 4.39 Å². The minimum absolute atomic E-state index is 0.159. The lowest BCUT2D eigenvalue weighted by Gasteiger charge is -2.37. The number of nitrogens with one attached hydrogen (secondary N) is 1. The molecule has 3 rings (SSSR count). The van der Waals surface area contributed by atoms with Crippen LogP contribution in [0.4, 0.5) is 10.1 Å². The van der Waals surface area contributed by atoms with Crippen molar-refractivity contribution in [2.75, 3.05) is 51.8 Å². The summed E-state index contributed by atoms with van der Waals surface area (Å²) in [6.45, 7) is 4.00. The lowest BCUT2D eigenvalue weighted by atomic mass is 10.1. The van der Waals surface area contributed by atoms with Crippen LogP contribution in [-0.2, 0) is 6.42 Å². The molecule has 0 bridgehead atoms. The Kier molecular flexibility index (Phi) is 6.52. The van der Waals surface area contributed by atoms with E-state index in [1.165, 1.54) is 11.6 Å². The fourth-order valence-electron chi connectivity index (χ4n) is 3.31. The highest BCUT2D eigenvalue weighted by Crippen LogP contribution is 2.20. The number of guanidine groups is 1. The summed E-state index contributed by atoms with van der Waals surface area (Å²) in [5.41, 5.74) is 1.93. The largest absolute Gasteiger partial charge is 0.497 e. The Morgan fingerprint density at radius 2 is 1.78 bits per heavy atom. The van der Waals surface area contributed by atoms with Crippen molar-refractivity contribution in [1.29, 1.82) is 0 Å². The van der Waals surface area contributed by atoms with Gasteiger partial charge in [0, 0.05) is 39.8 Å². The van der Waals surface area contributed by atoms with Crippen LogP contribution < -0.4 is 15.0 Å². The molecule has 2 aromatic carbocycles. The second-order valence-electron chi connectivity index (χ2n) is 6.50. The van der Waals surface area contributed by atoms with Crippen molar-refractivity contribution in [2.45, 2.75) is 6.42 Å². The molecule has 1 N–H and O–H groups in total. The van der Waals surface area contributed by atoms with E-state index in [9.17, 15) is 4.39 Å². The van der Waals surface area contributed by atoms with Crippen molar-refractivity contribution in [2.24, 2.45) is 4.99 Å². The molecule has 0 atom stereocenters. The number of rotatable bonds is 5. The predicted octanol–water partition coefficient (Wildman–Crippen LogP) is 2.77. The number of hydrogen-bond acceptors (Lipinski definition) is 3. The molecule has 0 aromatic heterocycles. The number of aliphatic imine (C=N–C) groups is 1. The average molecular weight is 370 g/mol. The van der Waals surface area contributed by atoms with Gasteiger partial charge in [0.1, 0.15) is 11.6 Å². The molecule has 6 heteroatoms. The lowest BCUT2D eigenvalue weighted by molar-refractivity contribution is 0.371. The smallest absolute Gasteiger partial charge is 0.193 e. The maximum absolute atomic E-state index is 14.0. The molecule has 2 aromatic rings. The van der Waals surface area contributed by atoms with Crippen molar-refractivity contribution in [3.8, 4) is 5.75 Å². The van der Waals surface area contributed by atoms with E-state index in [-0.39, 0.29) is 5.82 Å². The maximum atomic E-state index is 14.0. The maximum Gasteiger partial charge on any atom is 0.193 e. The number of piperazine rings is 1. The van der Waals surface area contributed by atoms with Gasteiger partial charge in [0.25, 0.3) is 0 Å². The summed E-state index contributed by atoms with van der Waals surface area (Å²) in [4.78, 5) is 8.73. The number of ether oxygens (including phenoxy) is 1. The van der Waals surface area contributed by atoms with Crippen molar-refractivity contribution >= 4 is 11.6 Å². The summed E-state index contributed by atoms with van der Waals surface area (Å²) in [5, 5.41) is 3.43. The zero-order valence-electron chi connectivity index (χ0n) is 16.0. The van der Waals surface area contributed by atoms with Crippen LogP contribution in [-0.4, -0.2) is 57.7 Å². The van der Waals surface area contributed by atoms with E-state index in [1.54, 1.807) is 20.2 Å². The summed E-state index contributed by atoms with van der Waals surface area (Å²) in [7, 11) is 3.48. The molecule has 1 aliphatic rings. The minimum Gasteiger partial charge on any atom is -0.497 e. The van der Waals surface area contributed by atoms with E-state index >= 15 is 0 Å². The molecule has 27 heavy (non-hydrogen) atoms. The van der Waals surface area contributed by atoms with Crippen molar-refractivity contribution in [3.63, 3.8) is 0 Å². The summed E-state index contributed by atoms with van der Waals surface area (Å²) < 4.78 is 19.2. The molecule has 0 amide bonds. The van der Waals surface area contributed by atoms with Crippen molar-refractivity contribution < 1.29 is 9.13 Å². The van der Waals surface area contributed by atoms with Gasteiger partial charge in [-0.2, -0.15) is 0 Å². The highest BCUT2D eigenvalue weighted by molar-refractivity contribution is 5.80. The third kappa shape index (κ3) is 4.90. The predicted molar refractivity (Wildman–Crippen MR) is 108 cm³/mol. The Bertz CT molecular complexity index is 755. The van der Waals surface area contributed by atoms with Crippen molar-refractivity contribution in [3.05, 3.63) is 59.9 Å². The summed E-state index contributed by atoms with van der Waals surface area (Å²) >= 11 is 0. The van der Waals surface area contributed by atoms with Gasteiger partial charge in [-0.1, -0.05) is 24.3 Å². The minimum atomic E-state index is -0.159. The molecule has 1 saturated heterocycles. The first kappa shape index (κ1) is 19.0. The second kappa shape index (κ2) is 9.26. The Balaban J connectivity index is 1.48. The van der Waals surface area contributed by atoms with Gasteiger partial charge in [-0.15, -0.1) is 0 Å². The number of hydrogen-bond donors (Lipinski definition) is 1. The van der Waals surface area contributed by atoms with Gasteiger partial charge in [0.2, 0.25) is 0 Å². The van der Waals surface area contributed by atoms with Crippen LogP contribution in [0.15, 0.2) is 53.5 Å². The zero-order chi connectivity index (χ0) is 19.1. The monoisotopic (exact) mass is 370 g/mol. The fourth-order valence-corrected chi connectivity index (χ4v) is 3.31. The van der Waals surface area contributed by atoms with Crippen LogP contribution in [0.3, 0.4) is 0 Å². The van der Waals surface area contributed by atoms with E-state index in [4.69, 9.17) is 4.74 Å². The van der Waals surface area contributed by atoms with Crippen molar-refractivity contribution in [1.82, 2.24) is 10.2 Å². The topological polar surface area (TPSA) is 40.1 Å². The Morgan fingerprint density at radius 1 is 1.07 bits per heavy atom. The summed E-state index contributed by atoms with van der Waals surface area (Å²) in [6, 6.07) is 15.1. The second-order valence-corrected chi connectivity index (χ2v) is 6.50. The van der Waals surface area contributed by atoms with Crippen LogP contribution in [0.25, 0.3) is 0 Å². The molecule has 0 radical (unpaired) electrons. The van der Waals surface area contributed by atoms with Crippen LogP contribution >= 0.6 is 0 Å². The van der Waals surface area contributed by atoms with Crippen LogP contribution in [0, 0.1) is 5.82 Å². The van der Waals surface area contributed by atoms with Gasteiger partial charge in [-0.05, 0) is 36.2 Å². The Labute approximate surface area is 160 Å². The third-order valence-corrected chi connectivity index (χ3v) is 4.84. The number of nitrogens with zero attached hydrogens (tertiary/aromatic N) is 3. The number of para-hydroxylation sites is 1. The van der Waals surface area contributed by atoms with Crippen LogP contribution in [0.5, 0.6) is 5.75 Å². The SMILES string of the molecule is CN=C(NCCc1ccc(OC)cc1)N1CCN(c2ccccc2F)CC1. The highest BCUT2D eigenvalue weighted by atomic mass is 19.1. The van der Waals surface area contributed by atoms with E-state index < -0.39 is 0 Å². The van der Waals surface area contributed by atoms with E-state index in [0.717, 1.165) is 50.9 Å². The lowest BCUT2D eigenvalue weighted by Crippen LogP contribution is -2.53. The Hall–Kier alpha value is -2.76. The summed E-state index contributed by atoms with van der Waals surface area (Å²) in [6.07, 6.45) is 0.915. The molecule has 1 fully saturated rings. The molecule has 144 valence electrons. The number of halogens is 1. The number of anilines is 1. The summed E-state index contributed by atoms with van der Waals surface area (Å²) in [5.74, 6) is 1.61. The quantitative estimate of drug-likeness (QED) is 0.649. The van der Waals surface area contributed by atoms with Crippen LogP contribution in [0.2, 0.25) is 0 Å². The molecular weight excluding hydrogens is 343 g/mol. The van der Waals surface area contributed by atoms with Crippen LogP contribution in [0.1, 0.15) is 5.56 Å². The highest BCUT2D eigenvalue weighted by Gasteiger charge is 2.21. The molecule has 0 saturated carbocycles. The molecule has 1 aliphatic heterocycles. The standard InChI is InChI=1S/C21H27FN4O/c1-23-21(24-12-11-17-7-9-18(27-2)10-8-17)26-15-13-25(14-16-26)20-6-4-3-5-19(20)22/h3-10H,11-16H2,1-2H3,(H,23,24). The average Bonchev–Trinajstić information content (AvgIpc) is 2.72. The molecule has 5 nitrogen and oxygen atoms in total. The fraction of sp³-hybridized carbons (Fsp3) is 0.381. The van der Waals surface area contributed by atoms with Gasteiger partial charge >= 0.3 is 0 Å². The van der Waals surface area contributed by atoms with E-state index in [2.05, 4.69) is 32.2 Å². The molecule has 1 heterocycles. The van der Waals surface area contributed by atoms with Gasteiger partial charge in [0.15, 0.2) is 5.96 Å². The normalized spacial score (nSPS) is 15.0. The first-order chi connectivity index (χ1) is 13.2. The first-order valence-corrected chi connectivity index (χ1v) is 9.29. The molecule has 0 spiro atoms. The zero-order valence-corrected chi connectivity index (χ0v) is 16.0. The van der Waals surface area contributed by atoms with Gasteiger partial charge < -0.3 is 19.9 Å². The number of benzene rings is 2. The molecule has 0 unspecified atom stereocenters. The Morgan fingerprint density at radius 3 is 2.41 bits per heavy atom. The van der Waals surface area contributed by atoms with E-state index in [1.807, 2.05) is 24.3 Å². The first-order valence-electron chi connectivity index (χ1n) is 9.29.